The Hall–Kier alpha value is -1.01. The lowest BCUT2D eigenvalue weighted by molar-refractivity contribution is -0.0161. The summed E-state index contributed by atoms with van der Waals surface area (Å²) in [5.41, 5.74) is 5.40. The van der Waals surface area contributed by atoms with E-state index in [2.05, 4.69) is 0 Å². The predicted octanol–water partition coefficient (Wildman–Crippen LogP) is 0.0144. The van der Waals surface area contributed by atoms with E-state index in [4.69, 9.17) is 22.4 Å². The number of hydrogen-bond donors (Lipinski definition) is 5. The van der Waals surface area contributed by atoms with E-state index in [0.29, 0.717) is 0 Å². The number of hydrogen-bond acceptors (Lipinski definition) is 5. The van der Waals surface area contributed by atoms with Crippen molar-refractivity contribution < 1.29 is 20.4 Å². The van der Waals surface area contributed by atoms with Crippen LogP contribution >= 0.6 is 11.6 Å². The molecule has 1 rings (SSSR count). The molecule has 0 saturated heterocycles. The third-order valence-corrected chi connectivity index (χ3v) is 2.22. The summed E-state index contributed by atoms with van der Waals surface area (Å²) in [6.07, 6.45) is -2.83. The molecule has 0 bridgehead atoms. The zero-order valence-electron chi connectivity index (χ0n) is 7.76. The van der Waals surface area contributed by atoms with Crippen LogP contribution in [0.15, 0.2) is 12.1 Å². The predicted molar refractivity (Wildman–Crippen MR) is 55.6 cm³/mol. The number of nitrogen functional groups attached to an aromatic ring is 1. The van der Waals surface area contributed by atoms with Crippen molar-refractivity contribution in [2.75, 3.05) is 12.3 Å². The van der Waals surface area contributed by atoms with Gasteiger partial charge in [-0.05, 0) is 12.1 Å². The Balaban J connectivity index is 3.13. The molecule has 2 unspecified atom stereocenters. The third kappa shape index (κ3) is 2.51. The van der Waals surface area contributed by atoms with E-state index < -0.39 is 18.8 Å². The number of halogens is 1. The van der Waals surface area contributed by atoms with Crippen LogP contribution in [0.3, 0.4) is 0 Å². The Kier molecular flexibility index (Phi) is 3.76. The molecule has 1 aromatic carbocycles. The van der Waals surface area contributed by atoms with Crippen molar-refractivity contribution in [3.05, 3.63) is 22.7 Å². The molecule has 0 aliphatic rings. The highest BCUT2D eigenvalue weighted by atomic mass is 35.5. The Bertz CT molecular complexity index is 358. The summed E-state index contributed by atoms with van der Waals surface area (Å²) in [5.74, 6) is -0.348. The average molecular weight is 234 g/mol. The van der Waals surface area contributed by atoms with Crippen LogP contribution in [-0.4, -0.2) is 33.1 Å². The van der Waals surface area contributed by atoms with Gasteiger partial charge in [0.2, 0.25) is 0 Å². The van der Waals surface area contributed by atoms with Crippen LogP contribution in [0.2, 0.25) is 5.02 Å². The SMILES string of the molecule is Nc1cc(Cl)cc(C(O)C(O)CO)c1O. The number of aliphatic hydroxyl groups is 3. The second-order valence-electron chi connectivity index (χ2n) is 3.13. The minimum atomic E-state index is -1.43. The quantitative estimate of drug-likeness (QED) is 0.374. The molecule has 0 saturated carbocycles. The number of nitrogens with two attached hydrogens (primary N) is 1. The lowest BCUT2D eigenvalue weighted by Crippen LogP contribution is -2.22. The first-order valence-electron chi connectivity index (χ1n) is 4.22. The Morgan fingerprint density at radius 3 is 2.47 bits per heavy atom. The molecule has 6 heteroatoms. The monoisotopic (exact) mass is 233 g/mol. The Morgan fingerprint density at radius 2 is 1.93 bits per heavy atom. The number of aliphatic hydroxyl groups excluding tert-OH is 3. The van der Waals surface area contributed by atoms with Crippen LogP contribution in [0.25, 0.3) is 0 Å². The lowest BCUT2D eigenvalue weighted by Gasteiger charge is -2.18. The zero-order chi connectivity index (χ0) is 11.6. The normalized spacial score (nSPS) is 14.9. The van der Waals surface area contributed by atoms with E-state index in [1.807, 2.05) is 0 Å². The third-order valence-electron chi connectivity index (χ3n) is 2.00. The summed E-state index contributed by atoms with van der Waals surface area (Å²) in [5, 5.41) is 37.1. The second-order valence-corrected chi connectivity index (χ2v) is 3.56. The van der Waals surface area contributed by atoms with Gasteiger partial charge in [-0.2, -0.15) is 0 Å². The fourth-order valence-electron chi connectivity index (χ4n) is 1.17. The first kappa shape index (κ1) is 12.1. The molecule has 0 spiro atoms. The minimum Gasteiger partial charge on any atom is -0.505 e. The van der Waals surface area contributed by atoms with Gasteiger partial charge in [-0.3, -0.25) is 0 Å². The van der Waals surface area contributed by atoms with E-state index in [1.165, 1.54) is 12.1 Å². The molecule has 0 radical (unpaired) electrons. The van der Waals surface area contributed by atoms with Gasteiger partial charge in [0.15, 0.2) is 0 Å². The van der Waals surface area contributed by atoms with E-state index in [1.54, 1.807) is 0 Å². The van der Waals surface area contributed by atoms with Gasteiger partial charge in [0.05, 0.1) is 12.3 Å². The molecule has 0 aliphatic carbocycles. The van der Waals surface area contributed by atoms with Gasteiger partial charge in [0.25, 0.3) is 0 Å². The van der Waals surface area contributed by atoms with Crippen molar-refractivity contribution in [1.82, 2.24) is 0 Å². The van der Waals surface area contributed by atoms with Gasteiger partial charge in [-0.25, -0.2) is 0 Å². The van der Waals surface area contributed by atoms with Crippen LogP contribution in [0.1, 0.15) is 11.7 Å². The lowest BCUT2D eigenvalue weighted by atomic mass is 10.0. The standard InChI is InChI=1S/C9H12ClNO4/c10-4-1-5(8(14)6(11)2-4)9(15)7(13)3-12/h1-2,7,9,12-15H,3,11H2. The summed E-state index contributed by atoms with van der Waals surface area (Å²) < 4.78 is 0. The fourth-order valence-corrected chi connectivity index (χ4v) is 1.41. The summed E-state index contributed by atoms with van der Waals surface area (Å²) >= 11 is 5.67. The van der Waals surface area contributed by atoms with Gasteiger partial charge in [0.1, 0.15) is 18.0 Å². The molecule has 84 valence electrons. The van der Waals surface area contributed by atoms with E-state index in [0.717, 1.165) is 0 Å². The van der Waals surface area contributed by atoms with Crippen LogP contribution in [-0.2, 0) is 0 Å². The largest absolute Gasteiger partial charge is 0.505 e. The molecular formula is C9H12ClNO4. The first-order valence-corrected chi connectivity index (χ1v) is 4.60. The van der Waals surface area contributed by atoms with Gasteiger partial charge in [-0.1, -0.05) is 11.6 Å². The van der Waals surface area contributed by atoms with Crippen molar-refractivity contribution in [1.29, 1.82) is 0 Å². The van der Waals surface area contributed by atoms with Crippen LogP contribution in [0.4, 0.5) is 5.69 Å². The fraction of sp³-hybridized carbons (Fsp3) is 0.333. The molecule has 0 aromatic heterocycles. The molecule has 0 aliphatic heterocycles. The molecule has 2 atom stereocenters. The summed E-state index contributed by atoms with van der Waals surface area (Å²) in [6, 6.07) is 2.59. The molecule has 0 heterocycles. The number of anilines is 1. The molecular weight excluding hydrogens is 222 g/mol. The van der Waals surface area contributed by atoms with Crippen LogP contribution in [0, 0.1) is 0 Å². The maximum absolute atomic E-state index is 9.53. The first-order chi connectivity index (χ1) is 6.97. The summed E-state index contributed by atoms with van der Waals surface area (Å²) in [4.78, 5) is 0. The second kappa shape index (κ2) is 4.67. The van der Waals surface area contributed by atoms with Crippen LogP contribution in [0.5, 0.6) is 5.75 Å². The Labute approximate surface area is 91.3 Å². The van der Waals surface area contributed by atoms with Gasteiger partial charge in [-0.15, -0.1) is 0 Å². The van der Waals surface area contributed by atoms with Crippen molar-refractivity contribution >= 4 is 17.3 Å². The smallest absolute Gasteiger partial charge is 0.144 e. The molecule has 6 N–H and O–H groups in total. The van der Waals surface area contributed by atoms with Crippen molar-refractivity contribution in [3.63, 3.8) is 0 Å². The molecule has 15 heavy (non-hydrogen) atoms. The maximum atomic E-state index is 9.53. The highest BCUT2D eigenvalue weighted by Gasteiger charge is 2.22. The average Bonchev–Trinajstić information content (AvgIpc) is 2.21. The van der Waals surface area contributed by atoms with Crippen LogP contribution < -0.4 is 5.73 Å². The van der Waals surface area contributed by atoms with Gasteiger partial charge in [0, 0.05) is 10.6 Å². The van der Waals surface area contributed by atoms with Crippen molar-refractivity contribution in [3.8, 4) is 5.75 Å². The van der Waals surface area contributed by atoms with Crippen molar-refractivity contribution in [2.24, 2.45) is 0 Å². The minimum absolute atomic E-state index is 0.00156. The van der Waals surface area contributed by atoms with E-state index in [9.17, 15) is 15.3 Å². The zero-order valence-corrected chi connectivity index (χ0v) is 8.52. The Morgan fingerprint density at radius 1 is 1.33 bits per heavy atom. The van der Waals surface area contributed by atoms with E-state index >= 15 is 0 Å². The molecule has 1 aromatic rings. The number of phenols is 1. The highest BCUT2D eigenvalue weighted by molar-refractivity contribution is 6.31. The van der Waals surface area contributed by atoms with Gasteiger partial charge < -0.3 is 26.2 Å². The summed E-state index contributed by atoms with van der Waals surface area (Å²) in [7, 11) is 0. The number of aromatic hydroxyl groups is 1. The maximum Gasteiger partial charge on any atom is 0.144 e. The number of rotatable bonds is 3. The molecule has 5 nitrogen and oxygen atoms in total. The highest BCUT2D eigenvalue weighted by Crippen LogP contribution is 2.34. The van der Waals surface area contributed by atoms with E-state index in [-0.39, 0.29) is 22.0 Å². The number of phenolic OH excluding ortho intramolecular Hbond substituents is 1. The van der Waals surface area contributed by atoms with Crippen molar-refractivity contribution in [2.45, 2.75) is 12.2 Å². The number of benzene rings is 1. The summed E-state index contributed by atoms with van der Waals surface area (Å²) in [6.45, 7) is -0.632. The molecule has 0 fully saturated rings. The van der Waals surface area contributed by atoms with Gasteiger partial charge >= 0.3 is 0 Å². The topological polar surface area (TPSA) is 107 Å². The molecule has 0 amide bonds.